The lowest BCUT2D eigenvalue weighted by Gasteiger charge is -2.47. The normalized spacial score (nSPS) is 30.2. The van der Waals surface area contributed by atoms with Gasteiger partial charge in [-0.05, 0) is 102 Å². The molecule has 1 heterocycles. The van der Waals surface area contributed by atoms with Crippen LogP contribution < -0.4 is 0 Å². The van der Waals surface area contributed by atoms with Gasteiger partial charge in [0.1, 0.15) is 6.10 Å². The molecule has 10 atom stereocenters. The highest BCUT2D eigenvalue weighted by Crippen LogP contribution is 2.46. The number of hydrogen-bond acceptors (Lipinski definition) is 6. The Labute approximate surface area is 387 Å². The summed E-state index contributed by atoms with van der Waals surface area (Å²) in [5.41, 5.74) is 1.25. The molecule has 0 saturated heterocycles. The molecule has 6 nitrogen and oxygen atoms in total. The lowest BCUT2D eigenvalue weighted by molar-refractivity contribution is -0.150. The molecule has 0 bridgehead atoms. The lowest BCUT2D eigenvalue weighted by Crippen LogP contribution is -2.53. The van der Waals surface area contributed by atoms with Crippen LogP contribution in [0, 0.1) is 35.5 Å². The zero-order valence-electron chi connectivity index (χ0n) is 44.2. The monoisotopic (exact) mass is 915 g/mol. The summed E-state index contributed by atoms with van der Waals surface area (Å²) in [5.74, 6) is 0.165. The molecule has 0 radical (unpaired) electrons. The van der Waals surface area contributed by atoms with Crippen molar-refractivity contribution in [3.05, 3.63) is 61.3 Å². The van der Waals surface area contributed by atoms with Gasteiger partial charge >= 0.3 is 5.97 Å². The molecule has 0 amide bonds. The van der Waals surface area contributed by atoms with E-state index in [9.17, 15) is 9.59 Å². The van der Waals surface area contributed by atoms with Crippen molar-refractivity contribution in [1.29, 1.82) is 0 Å². The minimum absolute atomic E-state index is 0.0202. The lowest BCUT2D eigenvalue weighted by atomic mass is 9.82. The Morgan fingerprint density at radius 1 is 0.710 bits per heavy atom. The number of rotatable bonds is 12. The van der Waals surface area contributed by atoms with Gasteiger partial charge in [-0.15, -0.1) is 0 Å². The van der Waals surface area contributed by atoms with E-state index >= 15 is 0 Å². The molecule has 1 aliphatic rings. The molecule has 1 rings (SSSR count). The Kier molecular flexibility index (Phi) is 23.3. The molecule has 62 heavy (non-hydrogen) atoms. The second-order valence-electron chi connectivity index (χ2n) is 23.4. The second kappa shape index (κ2) is 24.8. The number of carbonyl (C=O) groups is 2. The van der Waals surface area contributed by atoms with Crippen molar-refractivity contribution in [2.45, 2.75) is 228 Å². The number of ketones is 1. The fourth-order valence-corrected chi connectivity index (χ4v) is 17.7. The summed E-state index contributed by atoms with van der Waals surface area (Å²) in [4.78, 5) is 27.7. The molecule has 0 aromatic rings. The third-order valence-electron chi connectivity index (χ3n) is 15.1. The van der Waals surface area contributed by atoms with Crippen LogP contribution in [0.1, 0.15) is 150 Å². The van der Waals surface area contributed by atoms with E-state index in [0.29, 0.717) is 22.5 Å². The summed E-state index contributed by atoms with van der Waals surface area (Å²) in [6.45, 7) is 54.1. The van der Waals surface area contributed by atoms with Gasteiger partial charge in [-0.1, -0.05) is 174 Å². The van der Waals surface area contributed by atoms with Gasteiger partial charge in [0.2, 0.25) is 8.32 Å². The summed E-state index contributed by atoms with van der Waals surface area (Å²) >= 11 is 0. The van der Waals surface area contributed by atoms with Crippen molar-refractivity contribution >= 4 is 36.7 Å². The molecule has 0 spiro atoms. The Balaban J connectivity index is 4.05. The predicted molar refractivity (Wildman–Crippen MR) is 275 cm³/mol. The molecule has 0 unspecified atom stereocenters. The highest BCUT2D eigenvalue weighted by Gasteiger charge is 2.49. The summed E-state index contributed by atoms with van der Waals surface area (Å²) in [6, 6.07) is 0. The SMILES string of the molecule is C=C/C=C\[C@H](C)[C@@H]1OC(=O)/C=C\C=C\[C@@H](C)[C@@H](O[Si](C)(C)C(C)(C)C)CC(=O)/C=C\[C@H](C)[C@H](O[Si](C)(C)C(C)(C)C)[C@@H](C)C[C@@H](C)CC[C@@H](O[Si](C(C)C)(C(C)C)C(C)C)[C@@H]1C. The average molecular weight is 916 g/mol. The van der Waals surface area contributed by atoms with Crippen molar-refractivity contribution in [2.24, 2.45) is 35.5 Å². The topological polar surface area (TPSA) is 71.1 Å². The smallest absolute Gasteiger partial charge is 0.331 e. The van der Waals surface area contributed by atoms with Gasteiger partial charge < -0.3 is 18.0 Å². The maximum absolute atomic E-state index is 13.9. The number of hydrogen-bond donors (Lipinski definition) is 0. The first-order valence-electron chi connectivity index (χ1n) is 24.3. The first kappa shape index (κ1) is 58.4. The zero-order valence-corrected chi connectivity index (χ0v) is 47.2. The second-order valence-corrected chi connectivity index (χ2v) is 38.3. The molecular weight excluding hydrogens is 817 g/mol. The van der Waals surface area contributed by atoms with E-state index in [1.54, 1.807) is 18.2 Å². The van der Waals surface area contributed by atoms with Crippen molar-refractivity contribution in [3.8, 4) is 0 Å². The number of cyclic esters (lactones) is 1. The number of esters is 1. The van der Waals surface area contributed by atoms with E-state index in [0.717, 1.165) is 19.3 Å². The largest absolute Gasteiger partial charge is 0.458 e. The Bertz CT molecular complexity index is 1490. The van der Waals surface area contributed by atoms with Crippen LogP contribution in [0.2, 0.25) is 52.9 Å². The zero-order chi connectivity index (χ0) is 48.2. The first-order chi connectivity index (χ1) is 28.2. The van der Waals surface area contributed by atoms with Gasteiger partial charge in [0, 0.05) is 24.3 Å². The van der Waals surface area contributed by atoms with Gasteiger partial charge in [-0.3, -0.25) is 4.79 Å². The van der Waals surface area contributed by atoms with Crippen LogP contribution in [0.25, 0.3) is 0 Å². The van der Waals surface area contributed by atoms with E-state index in [-0.39, 0.29) is 76.2 Å². The van der Waals surface area contributed by atoms with Crippen molar-refractivity contribution in [2.75, 3.05) is 0 Å². The third-order valence-corrected chi connectivity index (χ3v) is 30.2. The van der Waals surface area contributed by atoms with E-state index in [4.69, 9.17) is 18.0 Å². The van der Waals surface area contributed by atoms with Crippen LogP contribution in [0.3, 0.4) is 0 Å². The van der Waals surface area contributed by atoms with Gasteiger partial charge in [-0.25, -0.2) is 4.79 Å². The number of ether oxygens (including phenoxy) is 1. The molecule has 0 aliphatic carbocycles. The van der Waals surface area contributed by atoms with Gasteiger partial charge in [0.05, 0.1) is 18.3 Å². The average Bonchev–Trinajstić information content (AvgIpc) is 3.13. The van der Waals surface area contributed by atoms with Crippen LogP contribution in [0.5, 0.6) is 0 Å². The van der Waals surface area contributed by atoms with E-state index < -0.39 is 31.1 Å². The predicted octanol–water partition coefficient (Wildman–Crippen LogP) is 15.6. The molecule has 1 aliphatic heterocycles. The van der Waals surface area contributed by atoms with Gasteiger partial charge in [0.25, 0.3) is 0 Å². The van der Waals surface area contributed by atoms with Crippen LogP contribution >= 0.6 is 0 Å². The maximum atomic E-state index is 13.9. The van der Waals surface area contributed by atoms with Crippen molar-refractivity contribution < 1.29 is 27.6 Å². The molecule has 0 saturated carbocycles. The summed E-state index contributed by atoms with van der Waals surface area (Å²) in [7, 11) is -6.71. The van der Waals surface area contributed by atoms with Crippen LogP contribution in [-0.2, 0) is 27.6 Å². The van der Waals surface area contributed by atoms with Crippen LogP contribution in [-0.4, -0.2) is 61.1 Å². The molecule has 9 heteroatoms. The summed E-state index contributed by atoms with van der Waals surface area (Å²) < 4.78 is 28.5. The number of carbonyl (C=O) groups excluding carboxylic acids is 2. The minimum Gasteiger partial charge on any atom is -0.458 e. The third kappa shape index (κ3) is 17.0. The molecule has 0 aromatic carbocycles. The van der Waals surface area contributed by atoms with Crippen LogP contribution in [0.15, 0.2) is 61.3 Å². The summed E-state index contributed by atoms with van der Waals surface area (Å²) in [6.07, 6.45) is 19.2. The van der Waals surface area contributed by atoms with E-state index in [2.05, 4.69) is 170 Å². The fraction of sp³-hybridized carbons (Fsp3) is 0.774. The molecule has 0 N–H and O–H groups in total. The molecular formula is C53H98O6Si3. The highest BCUT2D eigenvalue weighted by molar-refractivity contribution is 6.77. The molecule has 358 valence electrons. The van der Waals surface area contributed by atoms with Gasteiger partial charge in [0.15, 0.2) is 22.4 Å². The highest BCUT2D eigenvalue weighted by atomic mass is 28.4. The summed E-state index contributed by atoms with van der Waals surface area (Å²) in [5, 5.41) is 0.0254. The van der Waals surface area contributed by atoms with Crippen molar-refractivity contribution in [1.82, 2.24) is 0 Å². The fourth-order valence-electron chi connectivity index (χ4n) is 9.16. The number of allylic oxidation sites excluding steroid dienone is 5. The van der Waals surface area contributed by atoms with Gasteiger partial charge in [-0.2, -0.15) is 0 Å². The molecule has 0 fully saturated rings. The maximum Gasteiger partial charge on any atom is 0.331 e. The quantitative estimate of drug-likeness (QED) is 0.110. The molecule has 0 aromatic heterocycles. The Morgan fingerprint density at radius 3 is 1.74 bits per heavy atom. The van der Waals surface area contributed by atoms with E-state index in [1.165, 1.54) is 6.08 Å². The standard InChI is InChI=1S/C53H98O6Si3/c1-24-25-28-42(10)51-45(13)47(58-62(37(2)3,38(4)5)39(6)7)34-31-40(8)35-44(12)50(59-61(22,23)53(17,18)19)43(11)32-33-46(54)36-48(57-60(20,21)52(14,15)16)41(9)29-26-27-30-49(55)56-51/h24-30,32-33,37-45,47-48,50-51H,1,31,34-36H2,2-23H3/b28-25-,29-26+,30-27-,33-32-/t40-,41+,42-,43-,44-,45-,47+,48-,50-,51-/m0/s1. The Hall–Kier alpha value is -1.63. The van der Waals surface area contributed by atoms with Crippen molar-refractivity contribution in [3.63, 3.8) is 0 Å². The Morgan fingerprint density at radius 2 is 1.24 bits per heavy atom. The van der Waals surface area contributed by atoms with Crippen LogP contribution in [0.4, 0.5) is 0 Å². The van der Waals surface area contributed by atoms with E-state index in [1.807, 2.05) is 18.2 Å². The first-order valence-corrected chi connectivity index (χ1v) is 32.3. The minimum atomic E-state index is -2.32.